The fourth-order valence-corrected chi connectivity index (χ4v) is 8.63. The number of carbonyl (C=O) groups excluding carboxylic acids is 1. The number of anilines is 1. The Morgan fingerprint density at radius 3 is 2.83 bits per heavy atom. The van der Waals surface area contributed by atoms with Gasteiger partial charge in [-0.3, -0.25) is 4.79 Å². The van der Waals surface area contributed by atoms with Gasteiger partial charge in [0.1, 0.15) is 15.3 Å². The molecule has 6 nitrogen and oxygen atoms in total. The molecule has 0 bridgehead atoms. The number of nitrogens with one attached hydrogen (secondary N) is 1. The Balaban J connectivity index is 1.50. The molecule has 1 saturated heterocycles. The number of thiophene rings is 2. The van der Waals surface area contributed by atoms with E-state index in [0.29, 0.717) is 40.2 Å². The Bertz CT molecular complexity index is 1120. The lowest BCUT2D eigenvalue weighted by atomic mass is 9.88. The normalized spacial score (nSPS) is 22.3. The van der Waals surface area contributed by atoms with Crippen molar-refractivity contribution in [1.82, 2.24) is 4.31 Å². The molecule has 160 valence electrons. The van der Waals surface area contributed by atoms with E-state index in [0.717, 1.165) is 36.2 Å². The van der Waals surface area contributed by atoms with E-state index in [2.05, 4.69) is 18.3 Å². The minimum Gasteiger partial charge on any atom is -0.316 e. The van der Waals surface area contributed by atoms with Gasteiger partial charge in [-0.1, -0.05) is 18.5 Å². The number of sulfonamides is 1. The largest absolute Gasteiger partial charge is 0.316 e. The molecule has 1 N–H and O–H groups in total. The van der Waals surface area contributed by atoms with E-state index in [4.69, 9.17) is 11.6 Å². The number of rotatable bonds is 4. The molecular weight excluding hydrogens is 462 g/mol. The number of halogens is 1. The lowest BCUT2D eigenvalue weighted by Crippen LogP contribution is -2.43. The summed E-state index contributed by atoms with van der Waals surface area (Å²) in [7, 11) is -3.66. The molecule has 2 aromatic rings. The minimum absolute atomic E-state index is 0.133. The second kappa shape index (κ2) is 8.60. The summed E-state index contributed by atoms with van der Waals surface area (Å²) in [5.41, 5.74) is 1.64. The first kappa shape index (κ1) is 21.8. The molecule has 0 spiro atoms. The number of piperidine rings is 1. The van der Waals surface area contributed by atoms with Crippen molar-refractivity contribution in [3.63, 3.8) is 0 Å². The van der Waals surface area contributed by atoms with E-state index in [-0.39, 0.29) is 16.7 Å². The fraction of sp³-hybridized carbons (Fsp3) is 0.500. The van der Waals surface area contributed by atoms with Gasteiger partial charge in [-0.25, -0.2) is 8.42 Å². The molecule has 10 heteroatoms. The van der Waals surface area contributed by atoms with Crippen molar-refractivity contribution in [3.8, 4) is 6.07 Å². The van der Waals surface area contributed by atoms with Crippen LogP contribution in [-0.2, 0) is 27.7 Å². The quantitative estimate of drug-likeness (QED) is 0.693. The van der Waals surface area contributed by atoms with Crippen LogP contribution < -0.4 is 5.32 Å². The van der Waals surface area contributed by atoms with E-state index < -0.39 is 15.9 Å². The van der Waals surface area contributed by atoms with Crippen LogP contribution in [-0.4, -0.2) is 31.7 Å². The number of hydrogen-bond donors (Lipinski definition) is 1. The summed E-state index contributed by atoms with van der Waals surface area (Å²) in [6.07, 6.45) is 4.08. The standard InChI is InChI=1S/C20H22ClN3O3S3/c1-12-4-5-14-15(10-22)20(28-16(14)9-12)23-19(25)13-3-2-8-24(11-13)30(26,27)18-7-6-17(21)29-18/h6-7,12-13H,2-5,8-9,11H2,1H3,(H,23,25). The van der Waals surface area contributed by atoms with Crippen LogP contribution in [0.15, 0.2) is 16.3 Å². The Hall–Kier alpha value is -1.44. The third-order valence-electron chi connectivity index (χ3n) is 5.76. The van der Waals surface area contributed by atoms with Crippen LogP contribution in [0.25, 0.3) is 0 Å². The molecule has 0 saturated carbocycles. The molecule has 3 heterocycles. The van der Waals surface area contributed by atoms with Crippen molar-refractivity contribution in [3.05, 3.63) is 32.5 Å². The number of hydrogen-bond acceptors (Lipinski definition) is 6. The molecule has 2 aromatic heterocycles. The van der Waals surface area contributed by atoms with Crippen LogP contribution in [0.5, 0.6) is 0 Å². The summed E-state index contributed by atoms with van der Waals surface area (Å²) >= 11 is 8.41. The molecule has 1 fully saturated rings. The molecular formula is C20H22ClN3O3S3. The predicted molar refractivity (Wildman–Crippen MR) is 120 cm³/mol. The molecule has 1 aliphatic carbocycles. The van der Waals surface area contributed by atoms with Crippen molar-refractivity contribution >= 4 is 55.2 Å². The SMILES string of the molecule is CC1CCc2c(sc(NC(=O)C3CCCN(S(=O)(=O)c4ccc(Cl)s4)C3)c2C#N)C1. The zero-order chi connectivity index (χ0) is 21.5. The Labute approximate surface area is 189 Å². The van der Waals surface area contributed by atoms with Crippen LogP contribution >= 0.6 is 34.3 Å². The average molecular weight is 484 g/mol. The summed E-state index contributed by atoms with van der Waals surface area (Å²) in [4.78, 5) is 14.2. The third kappa shape index (κ3) is 4.16. The Morgan fingerprint density at radius 2 is 2.13 bits per heavy atom. The molecule has 1 amide bonds. The Kier molecular flexibility index (Phi) is 6.24. The van der Waals surface area contributed by atoms with Gasteiger partial charge in [0.05, 0.1) is 15.8 Å². The summed E-state index contributed by atoms with van der Waals surface area (Å²) in [6.45, 7) is 2.72. The van der Waals surface area contributed by atoms with Crippen LogP contribution in [0.4, 0.5) is 5.00 Å². The molecule has 30 heavy (non-hydrogen) atoms. The van der Waals surface area contributed by atoms with Crippen molar-refractivity contribution in [1.29, 1.82) is 5.26 Å². The van der Waals surface area contributed by atoms with Crippen LogP contribution in [0.3, 0.4) is 0 Å². The molecule has 0 aromatic carbocycles. The first-order chi connectivity index (χ1) is 14.3. The van der Waals surface area contributed by atoms with Gasteiger partial charge in [0.2, 0.25) is 5.91 Å². The highest BCUT2D eigenvalue weighted by atomic mass is 35.5. The van der Waals surface area contributed by atoms with Crippen molar-refractivity contribution < 1.29 is 13.2 Å². The molecule has 1 aliphatic heterocycles. The number of fused-ring (bicyclic) bond motifs is 1. The topological polar surface area (TPSA) is 90.3 Å². The summed E-state index contributed by atoms with van der Waals surface area (Å²) in [5, 5.41) is 13.2. The lowest BCUT2D eigenvalue weighted by molar-refractivity contribution is -0.120. The minimum atomic E-state index is -3.66. The molecule has 2 aliphatic rings. The first-order valence-corrected chi connectivity index (χ1v) is 13.4. The number of nitriles is 1. The molecule has 2 atom stereocenters. The van der Waals surface area contributed by atoms with E-state index in [1.807, 2.05) is 0 Å². The summed E-state index contributed by atoms with van der Waals surface area (Å²) in [5.74, 6) is -0.0927. The van der Waals surface area contributed by atoms with E-state index in [9.17, 15) is 18.5 Å². The van der Waals surface area contributed by atoms with Gasteiger partial charge in [0.15, 0.2) is 0 Å². The maximum atomic E-state index is 13.0. The highest BCUT2D eigenvalue weighted by molar-refractivity contribution is 7.91. The maximum absolute atomic E-state index is 13.0. The number of nitrogens with zero attached hydrogens (tertiary/aromatic N) is 2. The predicted octanol–water partition coefficient (Wildman–Crippen LogP) is 4.50. The number of carbonyl (C=O) groups is 1. The van der Waals surface area contributed by atoms with Gasteiger partial charge in [-0.2, -0.15) is 9.57 Å². The van der Waals surface area contributed by atoms with Gasteiger partial charge < -0.3 is 5.32 Å². The smallest absolute Gasteiger partial charge is 0.252 e. The van der Waals surface area contributed by atoms with E-state index >= 15 is 0 Å². The van der Waals surface area contributed by atoms with Crippen molar-refractivity contribution in [2.45, 2.75) is 43.2 Å². The van der Waals surface area contributed by atoms with Gasteiger partial charge >= 0.3 is 0 Å². The van der Waals surface area contributed by atoms with E-state index in [1.54, 1.807) is 6.07 Å². The number of amides is 1. The molecule has 0 radical (unpaired) electrons. The third-order valence-corrected chi connectivity index (χ3v) is 10.5. The zero-order valence-electron chi connectivity index (χ0n) is 16.5. The van der Waals surface area contributed by atoms with Crippen LogP contribution in [0.1, 0.15) is 42.2 Å². The zero-order valence-corrected chi connectivity index (χ0v) is 19.7. The Morgan fingerprint density at radius 1 is 1.33 bits per heavy atom. The van der Waals surface area contributed by atoms with Crippen LogP contribution in [0.2, 0.25) is 4.34 Å². The summed E-state index contributed by atoms with van der Waals surface area (Å²) in [6, 6.07) is 5.33. The van der Waals surface area contributed by atoms with Gasteiger partial charge in [0.25, 0.3) is 10.0 Å². The van der Waals surface area contributed by atoms with Crippen molar-refractivity contribution in [2.24, 2.45) is 11.8 Å². The van der Waals surface area contributed by atoms with Gasteiger partial charge in [0, 0.05) is 18.0 Å². The second-order valence-corrected chi connectivity index (χ2v) is 12.9. The van der Waals surface area contributed by atoms with Crippen molar-refractivity contribution in [2.75, 3.05) is 18.4 Å². The highest BCUT2D eigenvalue weighted by Crippen LogP contribution is 2.39. The molecule has 2 unspecified atom stereocenters. The lowest BCUT2D eigenvalue weighted by Gasteiger charge is -2.30. The monoisotopic (exact) mass is 483 g/mol. The fourth-order valence-electron chi connectivity index (χ4n) is 4.11. The van der Waals surface area contributed by atoms with E-state index in [1.165, 1.54) is 26.6 Å². The summed E-state index contributed by atoms with van der Waals surface area (Å²) < 4.78 is 27.8. The average Bonchev–Trinajstić information content (AvgIpc) is 3.31. The second-order valence-electron chi connectivity index (χ2n) is 7.92. The first-order valence-electron chi connectivity index (χ1n) is 9.90. The molecule has 4 rings (SSSR count). The maximum Gasteiger partial charge on any atom is 0.252 e. The van der Waals surface area contributed by atoms with Crippen LogP contribution in [0, 0.1) is 23.2 Å². The highest BCUT2D eigenvalue weighted by Gasteiger charge is 2.35. The van der Waals surface area contributed by atoms with Gasteiger partial charge in [-0.15, -0.1) is 22.7 Å². The van der Waals surface area contributed by atoms with Gasteiger partial charge in [-0.05, 0) is 55.7 Å².